The Labute approximate surface area is 212 Å². The van der Waals surface area contributed by atoms with Crippen LogP contribution in [-0.4, -0.2) is 82.0 Å². The monoisotopic (exact) mass is 506 g/mol. The van der Waals surface area contributed by atoms with E-state index in [1.165, 1.54) is 6.42 Å². The van der Waals surface area contributed by atoms with E-state index in [0.29, 0.717) is 38.2 Å². The predicted molar refractivity (Wildman–Crippen MR) is 146 cm³/mol. The molecule has 1 N–H and O–H groups in total. The van der Waals surface area contributed by atoms with Crippen molar-refractivity contribution in [3.05, 3.63) is 0 Å². The minimum absolute atomic E-state index is 0.102. The minimum atomic E-state index is -3.11. The van der Waals surface area contributed by atoms with Crippen molar-refractivity contribution in [1.29, 1.82) is 0 Å². The highest BCUT2D eigenvalue weighted by molar-refractivity contribution is 7.91. The molecule has 0 fully saturated rings. The van der Waals surface area contributed by atoms with Gasteiger partial charge in [-0.2, -0.15) is 0 Å². The van der Waals surface area contributed by atoms with Gasteiger partial charge in [-0.05, 0) is 64.7 Å². The summed E-state index contributed by atoms with van der Waals surface area (Å²) in [4.78, 5) is 2.28. The molecule has 0 aliphatic rings. The Morgan fingerprint density at radius 3 is 1.85 bits per heavy atom. The van der Waals surface area contributed by atoms with Gasteiger partial charge < -0.3 is 14.8 Å². The largest absolute Gasteiger partial charge is 0.381 e. The van der Waals surface area contributed by atoms with Crippen molar-refractivity contribution in [2.24, 2.45) is 10.8 Å². The van der Waals surface area contributed by atoms with Crippen molar-refractivity contribution >= 4 is 9.84 Å². The fourth-order valence-electron chi connectivity index (χ4n) is 3.56. The Kier molecular flexibility index (Phi) is 14.4. The van der Waals surface area contributed by atoms with Crippen LogP contribution < -0.4 is 5.32 Å². The van der Waals surface area contributed by atoms with E-state index in [-0.39, 0.29) is 28.0 Å². The highest BCUT2D eigenvalue weighted by atomic mass is 32.2. The molecule has 0 radical (unpaired) electrons. The Morgan fingerprint density at radius 1 is 0.735 bits per heavy atom. The number of nitrogens with one attached hydrogen (secondary N) is 1. The molecule has 0 atom stereocenters. The van der Waals surface area contributed by atoms with Gasteiger partial charge in [-0.1, -0.05) is 41.5 Å². The Morgan fingerprint density at radius 2 is 1.32 bits per heavy atom. The molecule has 0 rings (SSSR count). The van der Waals surface area contributed by atoms with Gasteiger partial charge in [0.15, 0.2) is 9.84 Å². The van der Waals surface area contributed by atoms with Crippen LogP contribution in [0.15, 0.2) is 0 Å². The van der Waals surface area contributed by atoms with E-state index in [2.05, 4.69) is 86.4 Å². The third kappa shape index (κ3) is 20.0. The van der Waals surface area contributed by atoms with Crippen molar-refractivity contribution in [3.8, 4) is 0 Å². The lowest BCUT2D eigenvalue weighted by Gasteiger charge is -2.41. The van der Waals surface area contributed by atoms with Gasteiger partial charge in [0.25, 0.3) is 0 Å². The zero-order chi connectivity index (χ0) is 26.7. The minimum Gasteiger partial charge on any atom is -0.381 e. The summed E-state index contributed by atoms with van der Waals surface area (Å²) in [6.07, 6.45) is 2.80. The molecule has 0 aliphatic carbocycles. The number of rotatable bonds is 17. The fourth-order valence-corrected chi connectivity index (χ4v) is 4.82. The van der Waals surface area contributed by atoms with Crippen molar-refractivity contribution < 1.29 is 17.9 Å². The summed E-state index contributed by atoms with van der Waals surface area (Å²) in [5.74, 6) is 0.361. The first-order valence-electron chi connectivity index (χ1n) is 13.1. The van der Waals surface area contributed by atoms with Crippen molar-refractivity contribution in [2.45, 2.75) is 107 Å². The molecule has 0 saturated heterocycles. The first-order chi connectivity index (χ1) is 15.2. The first kappa shape index (κ1) is 33.8. The van der Waals surface area contributed by atoms with Crippen LogP contribution in [0.4, 0.5) is 0 Å². The number of hydrogen-bond donors (Lipinski definition) is 1. The standard InChI is InChI=1S/C27H58N2O4S/c1-24(2,3)14-12-17-32-19-15-28-27(10,11)22-29(26(7,8)9)16-21-34(30,31)20-13-18-33-23-25(4,5)6/h28H,12-23H2,1-11H3. The van der Waals surface area contributed by atoms with Crippen LogP contribution in [-0.2, 0) is 19.3 Å². The maximum Gasteiger partial charge on any atom is 0.151 e. The summed E-state index contributed by atoms with van der Waals surface area (Å²) < 4.78 is 36.7. The normalized spacial score (nSPS) is 14.2. The van der Waals surface area contributed by atoms with Gasteiger partial charge in [-0.25, -0.2) is 8.42 Å². The van der Waals surface area contributed by atoms with Crippen LogP contribution in [0.5, 0.6) is 0 Å². The van der Waals surface area contributed by atoms with Gasteiger partial charge in [-0.3, -0.25) is 4.90 Å². The number of hydrogen-bond acceptors (Lipinski definition) is 6. The van der Waals surface area contributed by atoms with Gasteiger partial charge in [0.05, 0.1) is 24.7 Å². The van der Waals surface area contributed by atoms with Gasteiger partial charge in [0, 0.05) is 43.9 Å². The summed E-state index contributed by atoms with van der Waals surface area (Å²) in [5, 5.41) is 3.59. The maximum absolute atomic E-state index is 12.6. The summed E-state index contributed by atoms with van der Waals surface area (Å²) in [6.45, 7) is 28.6. The van der Waals surface area contributed by atoms with E-state index in [9.17, 15) is 8.42 Å². The number of sulfone groups is 1. The predicted octanol–water partition coefficient (Wildman–Crippen LogP) is 5.17. The summed E-state index contributed by atoms with van der Waals surface area (Å²) >= 11 is 0. The van der Waals surface area contributed by atoms with E-state index >= 15 is 0 Å². The van der Waals surface area contributed by atoms with Crippen LogP contribution in [0.2, 0.25) is 0 Å². The molecule has 206 valence electrons. The zero-order valence-corrected chi connectivity index (χ0v) is 25.3. The molecule has 0 amide bonds. The van der Waals surface area contributed by atoms with Crippen molar-refractivity contribution in [3.63, 3.8) is 0 Å². The average molecular weight is 507 g/mol. The van der Waals surface area contributed by atoms with Gasteiger partial charge in [0.1, 0.15) is 0 Å². The Hall–Kier alpha value is -0.210. The molecule has 0 heterocycles. The Balaban J connectivity index is 4.47. The summed E-state index contributed by atoms with van der Waals surface area (Å²) in [5.41, 5.74) is 0.194. The molecular formula is C27H58N2O4S. The lowest BCUT2D eigenvalue weighted by molar-refractivity contribution is 0.0720. The summed E-state index contributed by atoms with van der Waals surface area (Å²) in [6, 6.07) is 0. The number of nitrogens with zero attached hydrogens (tertiary/aromatic N) is 1. The molecule has 0 unspecified atom stereocenters. The van der Waals surface area contributed by atoms with Crippen LogP contribution >= 0.6 is 0 Å². The lowest BCUT2D eigenvalue weighted by atomic mass is 9.91. The fraction of sp³-hybridized carbons (Fsp3) is 1.00. The lowest BCUT2D eigenvalue weighted by Crippen LogP contribution is -2.55. The second-order valence-corrected chi connectivity index (χ2v) is 16.1. The van der Waals surface area contributed by atoms with E-state index in [1.807, 2.05) is 0 Å². The van der Waals surface area contributed by atoms with Crippen molar-refractivity contribution in [1.82, 2.24) is 10.2 Å². The average Bonchev–Trinajstić information content (AvgIpc) is 2.61. The maximum atomic E-state index is 12.6. The molecule has 6 nitrogen and oxygen atoms in total. The number of ether oxygens (including phenoxy) is 2. The SMILES string of the molecule is CC(C)(C)CCCOCCNC(C)(C)CN(CCS(=O)(=O)CCCOCC(C)(C)C)C(C)(C)C. The van der Waals surface area contributed by atoms with Gasteiger partial charge in [-0.15, -0.1) is 0 Å². The molecule has 34 heavy (non-hydrogen) atoms. The highest BCUT2D eigenvalue weighted by Gasteiger charge is 2.29. The highest BCUT2D eigenvalue weighted by Crippen LogP contribution is 2.20. The van der Waals surface area contributed by atoms with E-state index in [0.717, 1.165) is 26.1 Å². The Bertz CT molecular complexity index is 641. The molecular weight excluding hydrogens is 448 g/mol. The topological polar surface area (TPSA) is 67.9 Å². The third-order valence-electron chi connectivity index (χ3n) is 5.55. The van der Waals surface area contributed by atoms with E-state index in [4.69, 9.17) is 9.47 Å². The summed E-state index contributed by atoms with van der Waals surface area (Å²) in [7, 11) is -3.11. The van der Waals surface area contributed by atoms with Gasteiger partial charge >= 0.3 is 0 Å². The van der Waals surface area contributed by atoms with Crippen LogP contribution in [0.3, 0.4) is 0 Å². The van der Waals surface area contributed by atoms with Crippen molar-refractivity contribution in [2.75, 3.05) is 57.6 Å². The second kappa shape index (κ2) is 14.5. The molecule has 0 bridgehead atoms. The molecule has 0 aromatic rings. The van der Waals surface area contributed by atoms with Crippen LogP contribution in [0.1, 0.15) is 95.4 Å². The van der Waals surface area contributed by atoms with E-state index in [1.54, 1.807) is 0 Å². The third-order valence-corrected chi connectivity index (χ3v) is 7.27. The molecule has 0 saturated carbocycles. The molecule has 0 aliphatic heterocycles. The second-order valence-electron chi connectivity index (χ2n) is 13.8. The molecule has 7 heteroatoms. The molecule has 0 spiro atoms. The van der Waals surface area contributed by atoms with E-state index < -0.39 is 9.84 Å². The molecule has 0 aromatic heterocycles. The van der Waals surface area contributed by atoms with Gasteiger partial charge in [0.2, 0.25) is 0 Å². The zero-order valence-electron chi connectivity index (χ0n) is 24.5. The quantitative estimate of drug-likeness (QED) is 0.275. The molecule has 0 aromatic carbocycles. The van der Waals surface area contributed by atoms with Crippen LogP contribution in [0.25, 0.3) is 0 Å². The van der Waals surface area contributed by atoms with Crippen LogP contribution in [0, 0.1) is 10.8 Å². The smallest absolute Gasteiger partial charge is 0.151 e. The first-order valence-corrected chi connectivity index (χ1v) is 14.9.